The molecule has 0 aromatic carbocycles. The minimum Gasteiger partial charge on any atom is -0.304 e. The van der Waals surface area contributed by atoms with E-state index in [1.807, 2.05) is 28.2 Å². The third-order valence-electron chi connectivity index (χ3n) is 2.85. The Morgan fingerprint density at radius 2 is 2.00 bits per heavy atom. The summed E-state index contributed by atoms with van der Waals surface area (Å²) in [6.07, 6.45) is 7.92. The van der Waals surface area contributed by atoms with E-state index in [4.69, 9.17) is 0 Å². The van der Waals surface area contributed by atoms with Crippen LogP contribution in [0.4, 0.5) is 4.79 Å². The van der Waals surface area contributed by atoms with Gasteiger partial charge in [-0.3, -0.25) is 0 Å². The first kappa shape index (κ1) is 10.2. The summed E-state index contributed by atoms with van der Waals surface area (Å²) in [6, 6.07) is 0.504. The van der Waals surface area contributed by atoms with Crippen LogP contribution in [0.3, 0.4) is 0 Å². The molecule has 15 heavy (non-hydrogen) atoms. The first-order valence-corrected chi connectivity index (χ1v) is 5.56. The largest absolute Gasteiger partial charge is 0.415 e. The quantitative estimate of drug-likeness (QED) is 0.642. The Morgan fingerprint density at radius 1 is 1.33 bits per heavy atom. The molecule has 2 rings (SSSR count). The van der Waals surface area contributed by atoms with Gasteiger partial charge < -0.3 is 4.90 Å². The summed E-state index contributed by atoms with van der Waals surface area (Å²) < 4.78 is 3.71. The van der Waals surface area contributed by atoms with Gasteiger partial charge in [0.2, 0.25) is 0 Å². The highest BCUT2D eigenvalue weighted by molar-refractivity contribution is 5.76. The molecule has 0 radical (unpaired) electrons. The van der Waals surface area contributed by atoms with Gasteiger partial charge in [0.05, 0.1) is 6.04 Å². The lowest BCUT2D eigenvalue weighted by molar-refractivity contribution is -0.715. The van der Waals surface area contributed by atoms with Crippen LogP contribution in [0.5, 0.6) is 0 Å². The van der Waals surface area contributed by atoms with Crippen molar-refractivity contribution in [3.8, 4) is 0 Å². The fourth-order valence-corrected chi connectivity index (χ4v) is 1.86. The van der Waals surface area contributed by atoms with Crippen LogP contribution >= 0.6 is 0 Å². The predicted octanol–water partition coefficient (Wildman–Crippen LogP) is 1.42. The van der Waals surface area contributed by atoms with Crippen molar-refractivity contribution in [2.45, 2.75) is 32.7 Å². The zero-order valence-corrected chi connectivity index (χ0v) is 9.39. The molecule has 1 saturated heterocycles. The van der Waals surface area contributed by atoms with Crippen LogP contribution in [0.25, 0.3) is 0 Å². The second-order valence-corrected chi connectivity index (χ2v) is 4.34. The minimum absolute atomic E-state index is 0.104. The second-order valence-electron chi connectivity index (χ2n) is 4.34. The summed E-state index contributed by atoms with van der Waals surface area (Å²) in [6.45, 7) is 6.01. The van der Waals surface area contributed by atoms with Gasteiger partial charge in [-0.25, -0.2) is 9.36 Å². The van der Waals surface area contributed by atoms with Crippen LogP contribution in [-0.2, 0) is 0 Å². The third kappa shape index (κ3) is 2.03. The average molecular weight is 208 g/mol. The average Bonchev–Trinajstić information content (AvgIpc) is 2.88. The maximum Gasteiger partial charge on any atom is 0.415 e. The fraction of sp³-hybridized carbons (Fsp3) is 0.636. The molecule has 0 saturated carbocycles. The van der Waals surface area contributed by atoms with Gasteiger partial charge in [-0.15, -0.1) is 0 Å². The standard InChI is InChI=1S/C11H18N3O/c1-10(2)13-7-8-14(9-13)11(15)12-5-3-4-6-12/h7-10H,3-6H2,1-2H3/q+1. The minimum atomic E-state index is 0.104. The topological polar surface area (TPSA) is 29.1 Å². The van der Waals surface area contributed by atoms with Crippen molar-refractivity contribution in [3.05, 3.63) is 18.7 Å². The first-order chi connectivity index (χ1) is 7.18. The van der Waals surface area contributed by atoms with Crippen LogP contribution in [0.2, 0.25) is 0 Å². The lowest BCUT2D eigenvalue weighted by atomic mass is 10.4. The Morgan fingerprint density at radius 3 is 2.53 bits per heavy atom. The number of imidazole rings is 1. The van der Waals surface area contributed by atoms with E-state index in [0.717, 1.165) is 25.9 Å². The molecule has 1 aliphatic rings. The van der Waals surface area contributed by atoms with E-state index in [1.54, 1.807) is 4.57 Å². The molecule has 0 aliphatic carbocycles. The number of likely N-dealkylation sites (tertiary alicyclic amines) is 1. The number of rotatable bonds is 1. The SMILES string of the molecule is CC(C)[n+]1ccn(C(=O)N2CCCC2)c1. The van der Waals surface area contributed by atoms with Crippen molar-refractivity contribution in [2.75, 3.05) is 13.1 Å². The van der Waals surface area contributed by atoms with Crippen molar-refractivity contribution in [1.29, 1.82) is 0 Å². The lowest BCUT2D eigenvalue weighted by Crippen LogP contribution is -2.36. The van der Waals surface area contributed by atoms with E-state index in [2.05, 4.69) is 13.8 Å². The second kappa shape index (κ2) is 4.04. The number of carbonyl (C=O) groups is 1. The summed E-state index contributed by atoms with van der Waals surface area (Å²) in [7, 11) is 0. The third-order valence-corrected chi connectivity index (χ3v) is 2.85. The van der Waals surface area contributed by atoms with Crippen LogP contribution < -0.4 is 4.57 Å². The number of aromatic nitrogens is 2. The van der Waals surface area contributed by atoms with E-state index >= 15 is 0 Å². The lowest BCUT2D eigenvalue weighted by Gasteiger charge is -2.10. The Kier molecular flexibility index (Phi) is 2.75. The Labute approximate surface area is 90.1 Å². The van der Waals surface area contributed by atoms with E-state index in [9.17, 15) is 4.79 Å². The van der Waals surface area contributed by atoms with Crippen LogP contribution in [0.15, 0.2) is 18.7 Å². The number of amides is 1. The van der Waals surface area contributed by atoms with Crippen LogP contribution in [0.1, 0.15) is 32.7 Å². The molecule has 4 heteroatoms. The van der Waals surface area contributed by atoms with E-state index < -0.39 is 0 Å². The number of carbonyl (C=O) groups excluding carboxylic acids is 1. The molecule has 1 aromatic rings. The molecular formula is C11H18N3O+. The molecule has 0 N–H and O–H groups in total. The normalized spacial score (nSPS) is 16.3. The summed E-state index contributed by atoms with van der Waals surface area (Å²) in [5.74, 6) is 0. The maximum absolute atomic E-state index is 12.0. The van der Waals surface area contributed by atoms with E-state index in [1.165, 1.54) is 0 Å². The molecule has 82 valence electrons. The monoisotopic (exact) mass is 208 g/mol. The molecule has 1 amide bonds. The Bertz CT molecular complexity index is 350. The smallest absolute Gasteiger partial charge is 0.304 e. The fourth-order valence-electron chi connectivity index (χ4n) is 1.86. The van der Waals surface area contributed by atoms with E-state index in [0.29, 0.717) is 6.04 Å². The van der Waals surface area contributed by atoms with Crippen LogP contribution in [0, 0.1) is 0 Å². The molecule has 0 bridgehead atoms. The molecule has 4 nitrogen and oxygen atoms in total. The summed E-state index contributed by atoms with van der Waals surface area (Å²) >= 11 is 0. The van der Waals surface area contributed by atoms with E-state index in [-0.39, 0.29) is 6.03 Å². The highest BCUT2D eigenvalue weighted by atomic mass is 16.2. The van der Waals surface area contributed by atoms with Gasteiger partial charge in [-0.05, 0) is 26.7 Å². The number of hydrogen-bond acceptors (Lipinski definition) is 1. The predicted molar refractivity (Wildman–Crippen MR) is 56.6 cm³/mol. The highest BCUT2D eigenvalue weighted by Gasteiger charge is 2.24. The molecular weight excluding hydrogens is 190 g/mol. The van der Waals surface area contributed by atoms with Gasteiger partial charge in [0.15, 0.2) is 0 Å². The van der Waals surface area contributed by atoms with Crippen molar-refractivity contribution in [2.24, 2.45) is 0 Å². The number of nitrogens with zero attached hydrogens (tertiary/aromatic N) is 3. The van der Waals surface area contributed by atoms with Gasteiger partial charge in [0.1, 0.15) is 12.4 Å². The Hall–Kier alpha value is -1.32. The summed E-state index contributed by atoms with van der Waals surface area (Å²) in [5.41, 5.74) is 0. The van der Waals surface area contributed by atoms with Gasteiger partial charge in [0, 0.05) is 13.1 Å². The van der Waals surface area contributed by atoms with Gasteiger partial charge in [-0.2, -0.15) is 4.57 Å². The van der Waals surface area contributed by atoms with Crippen molar-refractivity contribution in [3.63, 3.8) is 0 Å². The van der Waals surface area contributed by atoms with Gasteiger partial charge in [-0.1, -0.05) is 0 Å². The summed E-state index contributed by atoms with van der Waals surface area (Å²) in [5, 5.41) is 0. The molecule has 1 fully saturated rings. The van der Waals surface area contributed by atoms with Crippen molar-refractivity contribution in [1.82, 2.24) is 9.47 Å². The molecule has 2 heterocycles. The molecule has 1 aliphatic heterocycles. The molecule has 1 aromatic heterocycles. The van der Waals surface area contributed by atoms with Crippen molar-refractivity contribution < 1.29 is 9.36 Å². The van der Waals surface area contributed by atoms with Gasteiger partial charge in [0.25, 0.3) is 6.33 Å². The molecule has 0 atom stereocenters. The zero-order chi connectivity index (χ0) is 10.8. The zero-order valence-electron chi connectivity index (χ0n) is 9.39. The molecule has 0 unspecified atom stereocenters. The Balaban J connectivity index is 2.11. The van der Waals surface area contributed by atoms with Crippen LogP contribution in [-0.4, -0.2) is 28.6 Å². The molecule has 0 spiro atoms. The summed E-state index contributed by atoms with van der Waals surface area (Å²) in [4.78, 5) is 13.9. The first-order valence-electron chi connectivity index (χ1n) is 5.56. The number of hydrogen-bond donors (Lipinski definition) is 0. The van der Waals surface area contributed by atoms with Crippen molar-refractivity contribution >= 4 is 6.03 Å². The maximum atomic E-state index is 12.0. The van der Waals surface area contributed by atoms with Gasteiger partial charge >= 0.3 is 6.03 Å². The highest BCUT2D eigenvalue weighted by Crippen LogP contribution is 2.09.